The molecule has 2 saturated heterocycles. The number of imide groups is 1. The molecule has 2 atom stereocenters. The van der Waals surface area contributed by atoms with E-state index in [-0.39, 0.29) is 13.1 Å². The first kappa shape index (κ1) is 17.9. The fraction of sp³-hybridized carbons (Fsp3) is 0.444. The predicted molar refractivity (Wildman–Crippen MR) is 91.0 cm³/mol. The summed E-state index contributed by atoms with van der Waals surface area (Å²) < 4.78 is 0. The first-order valence-electron chi connectivity index (χ1n) is 8.59. The quantitative estimate of drug-likeness (QED) is 0.756. The van der Waals surface area contributed by atoms with Gasteiger partial charge in [-0.3, -0.25) is 19.3 Å². The van der Waals surface area contributed by atoms with Gasteiger partial charge < -0.3 is 15.3 Å². The van der Waals surface area contributed by atoms with Crippen LogP contribution >= 0.6 is 0 Å². The van der Waals surface area contributed by atoms with Crippen LogP contribution in [-0.2, 0) is 19.9 Å². The Hall–Kier alpha value is -2.90. The van der Waals surface area contributed by atoms with Crippen molar-refractivity contribution < 1.29 is 24.3 Å². The molecular formula is C18H21N3O5. The lowest BCUT2D eigenvalue weighted by atomic mass is 9.87. The Bertz CT molecular complexity index is 750. The number of hydrogen-bond acceptors (Lipinski definition) is 4. The zero-order valence-electron chi connectivity index (χ0n) is 14.5. The van der Waals surface area contributed by atoms with Gasteiger partial charge in [0.2, 0.25) is 5.91 Å². The minimum atomic E-state index is -1.17. The molecule has 8 heteroatoms. The van der Waals surface area contributed by atoms with Gasteiger partial charge in [-0.1, -0.05) is 37.3 Å². The molecule has 1 aromatic rings. The minimum Gasteiger partial charge on any atom is -0.481 e. The average molecular weight is 359 g/mol. The SMILES string of the molecule is CC[C@]1(c2ccccc2)NC(=O)N(CC(=O)N2CC[C@@H](C(=O)O)C2)C1=O. The minimum absolute atomic E-state index is 0.107. The van der Waals surface area contributed by atoms with E-state index >= 15 is 0 Å². The van der Waals surface area contributed by atoms with Crippen LogP contribution in [0.3, 0.4) is 0 Å². The van der Waals surface area contributed by atoms with E-state index < -0.39 is 35.3 Å². The van der Waals surface area contributed by atoms with Crippen molar-refractivity contribution >= 4 is 23.8 Å². The summed E-state index contributed by atoms with van der Waals surface area (Å²) in [6.07, 6.45) is 0.737. The number of carbonyl (C=O) groups is 4. The third-order valence-electron chi connectivity index (χ3n) is 5.16. The summed E-state index contributed by atoms with van der Waals surface area (Å²) in [6.45, 7) is 1.84. The molecule has 1 aromatic carbocycles. The lowest BCUT2D eigenvalue weighted by Gasteiger charge is -2.26. The number of urea groups is 1. The molecule has 2 heterocycles. The molecule has 2 N–H and O–H groups in total. The van der Waals surface area contributed by atoms with Gasteiger partial charge in [-0.2, -0.15) is 0 Å². The fourth-order valence-electron chi connectivity index (χ4n) is 3.56. The van der Waals surface area contributed by atoms with Crippen LogP contribution in [0.15, 0.2) is 30.3 Å². The zero-order chi connectivity index (χ0) is 18.9. The maximum Gasteiger partial charge on any atom is 0.325 e. The van der Waals surface area contributed by atoms with Gasteiger partial charge in [-0.05, 0) is 18.4 Å². The monoisotopic (exact) mass is 359 g/mol. The molecule has 0 radical (unpaired) electrons. The zero-order valence-corrected chi connectivity index (χ0v) is 14.5. The number of carbonyl (C=O) groups excluding carboxylic acids is 3. The number of nitrogens with one attached hydrogen (secondary N) is 1. The highest BCUT2D eigenvalue weighted by Gasteiger charge is 2.52. The molecule has 0 aliphatic carbocycles. The highest BCUT2D eigenvalue weighted by Crippen LogP contribution is 2.32. The van der Waals surface area contributed by atoms with Crippen LogP contribution in [0.5, 0.6) is 0 Å². The van der Waals surface area contributed by atoms with E-state index in [0.29, 0.717) is 24.9 Å². The van der Waals surface area contributed by atoms with Gasteiger partial charge in [-0.15, -0.1) is 0 Å². The number of amides is 4. The molecule has 0 unspecified atom stereocenters. The standard InChI is InChI=1S/C18H21N3O5/c1-2-18(13-6-4-3-5-7-13)16(25)21(17(26)19-18)11-14(22)20-9-8-12(10-20)15(23)24/h3-7,12H,2,8-11H2,1H3,(H,19,26)(H,23,24)/t12-,18-/m1/s1. The summed E-state index contributed by atoms with van der Waals surface area (Å²) in [6, 6.07) is 8.33. The van der Waals surface area contributed by atoms with E-state index in [4.69, 9.17) is 5.11 Å². The lowest BCUT2D eigenvalue weighted by molar-refractivity contribution is -0.142. The second-order valence-electron chi connectivity index (χ2n) is 6.61. The summed E-state index contributed by atoms with van der Waals surface area (Å²) in [7, 11) is 0. The van der Waals surface area contributed by atoms with Crippen molar-refractivity contribution in [2.45, 2.75) is 25.3 Å². The average Bonchev–Trinajstić information content (AvgIpc) is 3.22. The van der Waals surface area contributed by atoms with Crippen molar-refractivity contribution in [1.29, 1.82) is 0 Å². The Morgan fingerprint density at radius 3 is 2.54 bits per heavy atom. The Morgan fingerprint density at radius 2 is 1.96 bits per heavy atom. The number of nitrogens with zero attached hydrogens (tertiary/aromatic N) is 2. The Kier molecular flexibility index (Phi) is 4.67. The molecule has 2 fully saturated rings. The van der Waals surface area contributed by atoms with Gasteiger partial charge >= 0.3 is 12.0 Å². The number of carboxylic acid groups (broad SMARTS) is 1. The van der Waals surface area contributed by atoms with Gasteiger partial charge in [0.25, 0.3) is 5.91 Å². The van der Waals surface area contributed by atoms with Crippen molar-refractivity contribution in [2.24, 2.45) is 5.92 Å². The Balaban J connectivity index is 1.75. The first-order chi connectivity index (χ1) is 12.4. The first-order valence-corrected chi connectivity index (χ1v) is 8.59. The third-order valence-corrected chi connectivity index (χ3v) is 5.16. The third kappa shape index (κ3) is 2.91. The second-order valence-corrected chi connectivity index (χ2v) is 6.61. The van der Waals surface area contributed by atoms with E-state index in [9.17, 15) is 19.2 Å². The number of aliphatic carboxylic acids is 1. The van der Waals surface area contributed by atoms with E-state index in [1.807, 2.05) is 6.07 Å². The molecule has 0 bridgehead atoms. The predicted octanol–water partition coefficient (Wildman–Crippen LogP) is 0.777. The summed E-state index contributed by atoms with van der Waals surface area (Å²) in [4.78, 5) is 51.2. The number of rotatable bonds is 5. The van der Waals surface area contributed by atoms with Gasteiger partial charge in [0.1, 0.15) is 12.1 Å². The van der Waals surface area contributed by atoms with Crippen molar-refractivity contribution in [2.75, 3.05) is 19.6 Å². The van der Waals surface area contributed by atoms with Crippen molar-refractivity contribution in [3.8, 4) is 0 Å². The molecule has 2 aliphatic heterocycles. The molecular weight excluding hydrogens is 338 g/mol. The van der Waals surface area contributed by atoms with Crippen LogP contribution in [0.1, 0.15) is 25.3 Å². The van der Waals surface area contributed by atoms with Crippen molar-refractivity contribution in [3.05, 3.63) is 35.9 Å². The van der Waals surface area contributed by atoms with Crippen LogP contribution in [-0.4, -0.2) is 58.4 Å². The summed E-state index contributed by atoms with van der Waals surface area (Å²) >= 11 is 0. The van der Waals surface area contributed by atoms with Crippen LogP contribution in [0, 0.1) is 5.92 Å². The molecule has 4 amide bonds. The van der Waals surface area contributed by atoms with Gasteiger partial charge in [0, 0.05) is 13.1 Å². The molecule has 0 spiro atoms. The number of benzene rings is 1. The largest absolute Gasteiger partial charge is 0.481 e. The smallest absolute Gasteiger partial charge is 0.325 e. The molecule has 3 rings (SSSR count). The van der Waals surface area contributed by atoms with E-state index in [0.717, 1.165) is 4.90 Å². The molecule has 138 valence electrons. The molecule has 0 saturated carbocycles. The van der Waals surface area contributed by atoms with E-state index in [1.165, 1.54) is 4.90 Å². The van der Waals surface area contributed by atoms with Crippen LogP contribution in [0.4, 0.5) is 4.79 Å². The Labute approximate surface area is 150 Å². The number of hydrogen-bond donors (Lipinski definition) is 2. The Morgan fingerprint density at radius 1 is 1.27 bits per heavy atom. The van der Waals surface area contributed by atoms with Gasteiger partial charge in [-0.25, -0.2) is 4.79 Å². The molecule has 8 nitrogen and oxygen atoms in total. The van der Waals surface area contributed by atoms with Gasteiger partial charge in [0.15, 0.2) is 0 Å². The molecule has 26 heavy (non-hydrogen) atoms. The highest BCUT2D eigenvalue weighted by molar-refractivity contribution is 6.09. The maximum absolute atomic E-state index is 13.0. The summed E-state index contributed by atoms with van der Waals surface area (Å²) in [5.74, 6) is -2.42. The van der Waals surface area contributed by atoms with Crippen LogP contribution in [0.25, 0.3) is 0 Å². The van der Waals surface area contributed by atoms with Crippen LogP contribution < -0.4 is 5.32 Å². The summed E-state index contributed by atoms with van der Waals surface area (Å²) in [5, 5.41) is 11.8. The van der Waals surface area contributed by atoms with Crippen molar-refractivity contribution in [1.82, 2.24) is 15.1 Å². The fourth-order valence-corrected chi connectivity index (χ4v) is 3.56. The lowest BCUT2D eigenvalue weighted by Crippen LogP contribution is -2.45. The number of likely N-dealkylation sites (tertiary alicyclic amines) is 1. The number of carboxylic acids is 1. The molecule has 0 aromatic heterocycles. The maximum atomic E-state index is 13.0. The second kappa shape index (κ2) is 6.78. The molecule has 2 aliphatic rings. The normalized spacial score (nSPS) is 25.5. The summed E-state index contributed by atoms with van der Waals surface area (Å²) in [5.41, 5.74) is -0.504. The van der Waals surface area contributed by atoms with Crippen molar-refractivity contribution in [3.63, 3.8) is 0 Å². The van der Waals surface area contributed by atoms with E-state index in [2.05, 4.69) is 5.32 Å². The van der Waals surface area contributed by atoms with Crippen LogP contribution in [0.2, 0.25) is 0 Å². The van der Waals surface area contributed by atoms with Gasteiger partial charge in [0.05, 0.1) is 5.92 Å². The van der Waals surface area contributed by atoms with E-state index in [1.54, 1.807) is 31.2 Å². The topological polar surface area (TPSA) is 107 Å². The highest BCUT2D eigenvalue weighted by atomic mass is 16.4.